The lowest BCUT2D eigenvalue weighted by Crippen LogP contribution is -2.24. The SMILES string of the molecule is CCC1CCCN(Cc2sccc2C#CCCO)CC1. The second-order valence-electron chi connectivity index (χ2n) is 5.51. The fourth-order valence-corrected chi connectivity index (χ4v) is 3.65. The molecule has 1 unspecified atom stereocenters. The highest BCUT2D eigenvalue weighted by Crippen LogP contribution is 2.24. The molecule has 2 nitrogen and oxygen atoms in total. The van der Waals surface area contributed by atoms with E-state index in [0.29, 0.717) is 6.42 Å². The van der Waals surface area contributed by atoms with Gasteiger partial charge in [-0.1, -0.05) is 25.2 Å². The van der Waals surface area contributed by atoms with Gasteiger partial charge in [-0.3, -0.25) is 4.90 Å². The molecule has 0 radical (unpaired) electrons. The molecule has 20 heavy (non-hydrogen) atoms. The third kappa shape index (κ3) is 4.63. The number of hydrogen-bond donors (Lipinski definition) is 1. The molecule has 1 fully saturated rings. The Morgan fingerprint density at radius 1 is 1.40 bits per heavy atom. The summed E-state index contributed by atoms with van der Waals surface area (Å²) in [4.78, 5) is 3.96. The first kappa shape index (κ1) is 15.6. The molecule has 1 N–H and O–H groups in total. The Hall–Kier alpha value is -0.820. The van der Waals surface area contributed by atoms with Crippen LogP contribution >= 0.6 is 11.3 Å². The van der Waals surface area contributed by atoms with Crippen molar-refractivity contribution in [3.05, 3.63) is 21.9 Å². The standard InChI is InChI=1S/C17H25NOS/c1-2-15-6-5-10-18(11-8-15)14-17-16(9-13-20-17)7-3-4-12-19/h9,13,15,19H,2,4-6,8,10-12,14H2,1H3. The molecule has 0 saturated carbocycles. The van der Waals surface area contributed by atoms with Crippen LogP contribution in [0, 0.1) is 17.8 Å². The van der Waals surface area contributed by atoms with Gasteiger partial charge in [-0.05, 0) is 49.7 Å². The van der Waals surface area contributed by atoms with Crippen molar-refractivity contribution in [1.29, 1.82) is 0 Å². The lowest BCUT2D eigenvalue weighted by atomic mass is 9.98. The van der Waals surface area contributed by atoms with Crippen LogP contribution in [0.5, 0.6) is 0 Å². The molecule has 2 heterocycles. The number of aliphatic hydroxyl groups excluding tert-OH is 1. The molecule has 1 aromatic heterocycles. The molecular weight excluding hydrogens is 266 g/mol. The molecule has 0 aromatic carbocycles. The van der Waals surface area contributed by atoms with Crippen LogP contribution in [0.25, 0.3) is 0 Å². The zero-order valence-corrected chi connectivity index (χ0v) is 13.2. The van der Waals surface area contributed by atoms with E-state index in [1.165, 1.54) is 43.6 Å². The second kappa shape index (κ2) is 8.46. The van der Waals surface area contributed by atoms with Crippen LogP contribution in [0.4, 0.5) is 0 Å². The summed E-state index contributed by atoms with van der Waals surface area (Å²) in [6.45, 7) is 5.94. The Labute approximate surface area is 126 Å². The fourth-order valence-electron chi connectivity index (χ4n) is 2.78. The zero-order chi connectivity index (χ0) is 14.2. The molecule has 2 rings (SSSR count). The van der Waals surface area contributed by atoms with Gasteiger partial charge in [0.05, 0.1) is 6.61 Å². The Balaban J connectivity index is 1.93. The normalized spacial score (nSPS) is 20.2. The van der Waals surface area contributed by atoms with Crippen molar-refractivity contribution < 1.29 is 5.11 Å². The van der Waals surface area contributed by atoms with E-state index < -0.39 is 0 Å². The minimum Gasteiger partial charge on any atom is -0.395 e. The summed E-state index contributed by atoms with van der Waals surface area (Å²) in [6.07, 6.45) is 5.95. The molecule has 110 valence electrons. The van der Waals surface area contributed by atoms with Gasteiger partial charge < -0.3 is 5.11 Å². The van der Waals surface area contributed by atoms with Crippen molar-refractivity contribution in [3.8, 4) is 11.8 Å². The maximum atomic E-state index is 8.80. The van der Waals surface area contributed by atoms with Gasteiger partial charge in [-0.15, -0.1) is 11.3 Å². The molecule has 1 saturated heterocycles. The van der Waals surface area contributed by atoms with Crippen molar-refractivity contribution in [1.82, 2.24) is 4.90 Å². The smallest absolute Gasteiger partial charge is 0.0540 e. The van der Waals surface area contributed by atoms with E-state index in [1.54, 1.807) is 0 Å². The van der Waals surface area contributed by atoms with Gasteiger partial charge in [-0.25, -0.2) is 0 Å². The summed E-state index contributed by atoms with van der Waals surface area (Å²) in [5.41, 5.74) is 1.15. The number of hydrogen-bond acceptors (Lipinski definition) is 3. The highest BCUT2D eigenvalue weighted by molar-refractivity contribution is 7.10. The average molecular weight is 291 g/mol. The Bertz CT molecular complexity index is 457. The average Bonchev–Trinajstić information content (AvgIpc) is 2.76. The molecule has 0 amide bonds. The van der Waals surface area contributed by atoms with Gasteiger partial charge >= 0.3 is 0 Å². The maximum absolute atomic E-state index is 8.80. The fraction of sp³-hybridized carbons (Fsp3) is 0.647. The zero-order valence-electron chi connectivity index (χ0n) is 12.4. The van der Waals surface area contributed by atoms with Gasteiger partial charge in [-0.2, -0.15) is 0 Å². The molecule has 1 aliphatic rings. The van der Waals surface area contributed by atoms with E-state index >= 15 is 0 Å². The molecule has 0 bridgehead atoms. The number of likely N-dealkylation sites (tertiary alicyclic amines) is 1. The van der Waals surface area contributed by atoms with E-state index in [2.05, 4.69) is 35.1 Å². The van der Waals surface area contributed by atoms with E-state index in [1.807, 2.05) is 11.3 Å². The first-order chi connectivity index (χ1) is 9.83. The van der Waals surface area contributed by atoms with Crippen LogP contribution < -0.4 is 0 Å². The van der Waals surface area contributed by atoms with Gasteiger partial charge in [0, 0.05) is 23.4 Å². The topological polar surface area (TPSA) is 23.5 Å². The minimum absolute atomic E-state index is 0.150. The Kier molecular flexibility index (Phi) is 6.59. The van der Waals surface area contributed by atoms with E-state index in [0.717, 1.165) is 18.0 Å². The lowest BCUT2D eigenvalue weighted by molar-refractivity contribution is 0.274. The minimum atomic E-state index is 0.150. The van der Waals surface area contributed by atoms with Crippen LogP contribution in [0.2, 0.25) is 0 Å². The lowest BCUT2D eigenvalue weighted by Gasteiger charge is -2.19. The van der Waals surface area contributed by atoms with Crippen LogP contribution in [-0.4, -0.2) is 29.7 Å². The van der Waals surface area contributed by atoms with Crippen molar-refractivity contribution in [2.24, 2.45) is 5.92 Å². The van der Waals surface area contributed by atoms with Crippen LogP contribution in [0.1, 0.15) is 49.5 Å². The van der Waals surface area contributed by atoms with Crippen LogP contribution in [0.15, 0.2) is 11.4 Å². The first-order valence-corrected chi connectivity index (χ1v) is 8.60. The molecule has 1 aliphatic heterocycles. The summed E-state index contributed by atoms with van der Waals surface area (Å²) >= 11 is 1.81. The van der Waals surface area contributed by atoms with Crippen molar-refractivity contribution >= 4 is 11.3 Å². The van der Waals surface area contributed by atoms with Crippen molar-refractivity contribution in [3.63, 3.8) is 0 Å². The number of thiophene rings is 1. The Morgan fingerprint density at radius 3 is 3.10 bits per heavy atom. The van der Waals surface area contributed by atoms with Gasteiger partial charge in [0.15, 0.2) is 0 Å². The third-order valence-electron chi connectivity index (χ3n) is 4.09. The Morgan fingerprint density at radius 2 is 2.30 bits per heavy atom. The van der Waals surface area contributed by atoms with E-state index in [-0.39, 0.29) is 6.61 Å². The molecule has 0 aliphatic carbocycles. The quantitative estimate of drug-likeness (QED) is 0.858. The predicted molar refractivity (Wildman–Crippen MR) is 85.8 cm³/mol. The summed E-state index contributed by atoms with van der Waals surface area (Å²) < 4.78 is 0. The third-order valence-corrected chi connectivity index (χ3v) is 5.00. The van der Waals surface area contributed by atoms with Crippen LogP contribution in [-0.2, 0) is 6.54 Å². The summed E-state index contributed by atoms with van der Waals surface area (Å²) in [6, 6.07) is 2.11. The molecule has 1 aromatic rings. The van der Waals surface area contributed by atoms with Crippen molar-refractivity contribution in [2.45, 2.75) is 45.6 Å². The first-order valence-electron chi connectivity index (χ1n) is 7.72. The summed E-state index contributed by atoms with van der Waals surface area (Å²) in [5, 5.41) is 10.9. The highest BCUT2D eigenvalue weighted by atomic mass is 32.1. The van der Waals surface area contributed by atoms with Crippen LogP contribution in [0.3, 0.4) is 0 Å². The number of rotatable bonds is 4. The molecule has 0 spiro atoms. The van der Waals surface area contributed by atoms with E-state index in [9.17, 15) is 0 Å². The second-order valence-corrected chi connectivity index (χ2v) is 6.51. The predicted octanol–water partition coefficient (Wildman–Crippen LogP) is 3.49. The summed E-state index contributed by atoms with van der Waals surface area (Å²) in [5.74, 6) is 7.15. The summed E-state index contributed by atoms with van der Waals surface area (Å²) in [7, 11) is 0. The largest absolute Gasteiger partial charge is 0.395 e. The van der Waals surface area contributed by atoms with Gasteiger partial charge in [0.1, 0.15) is 0 Å². The highest BCUT2D eigenvalue weighted by Gasteiger charge is 2.16. The number of nitrogens with zero attached hydrogens (tertiary/aromatic N) is 1. The van der Waals surface area contributed by atoms with Gasteiger partial charge in [0.2, 0.25) is 0 Å². The van der Waals surface area contributed by atoms with Gasteiger partial charge in [0.25, 0.3) is 0 Å². The monoisotopic (exact) mass is 291 g/mol. The molecule has 3 heteroatoms. The van der Waals surface area contributed by atoms with Crippen molar-refractivity contribution in [2.75, 3.05) is 19.7 Å². The van der Waals surface area contributed by atoms with E-state index in [4.69, 9.17) is 5.11 Å². The molecular formula is C17H25NOS. The molecule has 1 atom stereocenters. The maximum Gasteiger partial charge on any atom is 0.0540 e. The number of aliphatic hydroxyl groups is 1.